The van der Waals surface area contributed by atoms with Crippen LogP contribution in [0.15, 0.2) is 48.5 Å². The molecule has 3 rings (SSSR count). The highest BCUT2D eigenvalue weighted by atomic mass is 19.3. The van der Waals surface area contributed by atoms with Gasteiger partial charge in [-0.25, -0.2) is 4.79 Å². The highest BCUT2D eigenvalue weighted by molar-refractivity contribution is 5.74. The quantitative estimate of drug-likeness (QED) is 0.717. The van der Waals surface area contributed by atoms with E-state index < -0.39 is 6.61 Å². The van der Waals surface area contributed by atoms with Crippen LogP contribution in [0.4, 0.5) is 13.6 Å². The Morgan fingerprint density at radius 2 is 1.89 bits per heavy atom. The minimum absolute atomic E-state index is 0.00694. The van der Waals surface area contributed by atoms with Crippen LogP contribution in [0.3, 0.4) is 0 Å². The number of rotatable bonds is 8. The second-order valence-electron chi connectivity index (χ2n) is 6.90. The fourth-order valence-corrected chi connectivity index (χ4v) is 3.16. The second-order valence-corrected chi connectivity index (χ2v) is 6.90. The number of nitrogens with one attached hydrogen (secondary N) is 1. The zero-order valence-electron chi connectivity index (χ0n) is 15.9. The number of alkyl halides is 2. The zero-order valence-corrected chi connectivity index (χ0v) is 15.9. The third-order valence-electron chi connectivity index (χ3n) is 4.74. The van der Waals surface area contributed by atoms with E-state index >= 15 is 0 Å². The van der Waals surface area contributed by atoms with Crippen LogP contribution in [0, 0.1) is 5.92 Å². The molecule has 0 saturated heterocycles. The van der Waals surface area contributed by atoms with Crippen LogP contribution in [0.1, 0.15) is 30.0 Å². The normalized spacial score (nSPS) is 14.5. The Bertz CT molecular complexity index is 797. The van der Waals surface area contributed by atoms with Crippen molar-refractivity contribution >= 4 is 6.03 Å². The number of methoxy groups -OCH3 is 1. The number of carbonyl (C=O) groups excluding carboxylic acids is 1. The van der Waals surface area contributed by atoms with Gasteiger partial charge in [-0.1, -0.05) is 36.4 Å². The Morgan fingerprint density at radius 3 is 2.50 bits per heavy atom. The van der Waals surface area contributed by atoms with Crippen LogP contribution < -0.4 is 14.8 Å². The Kier molecular flexibility index (Phi) is 6.34. The van der Waals surface area contributed by atoms with E-state index in [0.29, 0.717) is 12.5 Å². The molecule has 5 nitrogen and oxygen atoms in total. The largest absolute Gasteiger partial charge is 0.493 e. The zero-order chi connectivity index (χ0) is 20.1. The topological polar surface area (TPSA) is 50.8 Å². The number of carbonyl (C=O) groups is 1. The highest BCUT2D eigenvalue weighted by Crippen LogP contribution is 2.41. The van der Waals surface area contributed by atoms with Crippen LogP contribution >= 0.6 is 0 Å². The average Bonchev–Trinajstić information content (AvgIpc) is 3.52. The monoisotopic (exact) mass is 390 g/mol. The summed E-state index contributed by atoms with van der Waals surface area (Å²) in [5.74, 6) is 0.628. The summed E-state index contributed by atoms with van der Waals surface area (Å²) < 4.78 is 34.4. The number of urea groups is 1. The molecule has 0 aromatic heterocycles. The molecule has 1 aliphatic carbocycles. The smallest absolute Gasteiger partial charge is 0.387 e. The van der Waals surface area contributed by atoms with Gasteiger partial charge in [-0.3, -0.25) is 0 Å². The third kappa shape index (κ3) is 5.12. The first kappa shape index (κ1) is 19.9. The van der Waals surface area contributed by atoms with Crippen molar-refractivity contribution in [2.75, 3.05) is 14.2 Å². The van der Waals surface area contributed by atoms with E-state index in [2.05, 4.69) is 10.1 Å². The van der Waals surface area contributed by atoms with Crippen LogP contribution in [0.25, 0.3) is 0 Å². The summed E-state index contributed by atoms with van der Waals surface area (Å²) in [6, 6.07) is 14.4. The summed E-state index contributed by atoms with van der Waals surface area (Å²) in [6.45, 7) is -2.62. The fourth-order valence-electron chi connectivity index (χ4n) is 3.16. The van der Waals surface area contributed by atoms with Gasteiger partial charge in [-0.15, -0.1) is 0 Å². The van der Waals surface area contributed by atoms with Gasteiger partial charge < -0.3 is 19.7 Å². The molecule has 2 amide bonds. The van der Waals surface area contributed by atoms with E-state index in [1.807, 2.05) is 30.3 Å². The maximum Gasteiger partial charge on any atom is 0.387 e. The molecule has 0 spiro atoms. The average molecular weight is 390 g/mol. The van der Waals surface area contributed by atoms with Crippen molar-refractivity contribution in [1.29, 1.82) is 0 Å². The second kappa shape index (κ2) is 8.91. The SMILES string of the molecule is COc1cc(CN(C)C(=O)N[C@@H](c2ccccc2)C2CC2)ccc1OC(F)F. The molecule has 2 aromatic rings. The van der Waals surface area contributed by atoms with Gasteiger partial charge in [0.15, 0.2) is 11.5 Å². The summed E-state index contributed by atoms with van der Waals surface area (Å²) in [5, 5.41) is 3.11. The summed E-state index contributed by atoms with van der Waals surface area (Å²) in [4.78, 5) is 14.2. The Hall–Kier alpha value is -2.83. The molecule has 0 radical (unpaired) electrons. The summed E-state index contributed by atoms with van der Waals surface area (Å²) >= 11 is 0. The van der Waals surface area contributed by atoms with E-state index in [4.69, 9.17) is 4.74 Å². The molecule has 1 aliphatic rings. The Labute approximate surface area is 163 Å². The van der Waals surface area contributed by atoms with Gasteiger partial charge in [-0.2, -0.15) is 8.78 Å². The molecular formula is C21H24F2N2O3. The van der Waals surface area contributed by atoms with Crippen LogP contribution in [-0.4, -0.2) is 31.7 Å². The van der Waals surface area contributed by atoms with Crippen molar-refractivity contribution in [1.82, 2.24) is 10.2 Å². The molecule has 1 saturated carbocycles. The molecule has 7 heteroatoms. The Balaban J connectivity index is 1.65. The predicted molar refractivity (Wildman–Crippen MR) is 102 cm³/mol. The van der Waals surface area contributed by atoms with Crippen molar-refractivity contribution in [3.63, 3.8) is 0 Å². The minimum atomic E-state index is -2.93. The summed E-state index contributed by atoms with van der Waals surface area (Å²) in [7, 11) is 3.08. The van der Waals surface area contributed by atoms with Gasteiger partial charge >= 0.3 is 12.6 Å². The van der Waals surface area contributed by atoms with Gasteiger partial charge in [0, 0.05) is 13.6 Å². The van der Waals surface area contributed by atoms with Gasteiger partial charge in [0.25, 0.3) is 0 Å². The van der Waals surface area contributed by atoms with Crippen LogP contribution in [0.2, 0.25) is 0 Å². The molecule has 2 aromatic carbocycles. The van der Waals surface area contributed by atoms with Crippen molar-refractivity contribution in [3.8, 4) is 11.5 Å². The van der Waals surface area contributed by atoms with Gasteiger partial charge in [0.1, 0.15) is 0 Å². The van der Waals surface area contributed by atoms with E-state index in [-0.39, 0.29) is 23.6 Å². The minimum Gasteiger partial charge on any atom is -0.493 e. The van der Waals surface area contributed by atoms with Crippen molar-refractivity contribution in [2.45, 2.75) is 32.0 Å². The molecule has 0 heterocycles. The number of hydrogen-bond acceptors (Lipinski definition) is 3. The molecule has 1 N–H and O–H groups in total. The lowest BCUT2D eigenvalue weighted by atomic mass is 10.0. The number of nitrogens with zero attached hydrogens (tertiary/aromatic N) is 1. The molecule has 28 heavy (non-hydrogen) atoms. The van der Waals surface area contributed by atoms with Gasteiger partial charge in [0.05, 0.1) is 13.2 Å². The maximum absolute atomic E-state index is 12.7. The molecule has 0 bridgehead atoms. The first-order valence-corrected chi connectivity index (χ1v) is 9.16. The van der Waals surface area contributed by atoms with Crippen molar-refractivity contribution in [3.05, 3.63) is 59.7 Å². The standard InChI is InChI=1S/C21H24F2N2O3/c1-25(13-14-8-11-17(28-20(22)23)18(12-14)27-2)21(26)24-19(16-9-10-16)15-6-4-3-5-7-15/h3-8,11-12,16,19-20H,9-10,13H2,1-2H3,(H,24,26)/t19-/m0/s1. The van der Waals surface area contributed by atoms with E-state index in [0.717, 1.165) is 24.0 Å². The first-order valence-electron chi connectivity index (χ1n) is 9.16. The van der Waals surface area contributed by atoms with Crippen LogP contribution in [-0.2, 0) is 6.54 Å². The lowest BCUT2D eigenvalue weighted by molar-refractivity contribution is -0.0512. The highest BCUT2D eigenvalue weighted by Gasteiger charge is 2.33. The Morgan fingerprint density at radius 1 is 1.18 bits per heavy atom. The summed E-state index contributed by atoms with van der Waals surface area (Å²) in [5.41, 5.74) is 1.85. The number of hydrogen-bond donors (Lipinski definition) is 1. The van der Waals surface area contributed by atoms with Crippen molar-refractivity contribution < 1.29 is 23.0 Å². The number of ether oxygens (including phenoxy) is 2. The lowest BCUT2D eigenvalue weighted by Gasteiger charge is -2.24. The fraction of sp³-hybridized carbons (Fsp3) is 0.381. The molecular weight excluding hydrogens is 366 g/mol. The molecule has 0 unspecified atom stereocenters. The van der Waals surface area contributed by atoms with Crippen LogP contribution in [0.5, 0.6) is 11.5 Å². The number of benzene rings is 2. The van der Waals surface area contributed by atoms with Gasteiger partial charge in [0.2, 0.25) is 0 Å². The molecule has 1 fully saturated rings. The number of halogens is 2. The summed E-state index contributed by atoms with van der Waals surface area (Å²) in [6.07, 6.45) is 2.21. The number of amides is 2. The van der Waals surface area contributed by atoms with E-state index in [1.54, 1.807) is 24.1 Å². The maximum atomic E-state index is 12.7. The predicted octanol–water partition coefficient (Wildman–Crippen LogP) is 4.59. The van der Waals surface area contributed by atoms with E-state index in [9.17, 15) is 13.6 Å². The molecule has 150 valence electrons. The third-order valence-corrected chi connectivity index (χ3v) is 4.74. The van der Waals surface area contributed by atoms with Crippen molar-refractivity contribution in [2.24, 2.45) is 5.92 Å². The first-order chi connectivity index (χ1) is 13.5. The molecule has 0 aliphatic heterocycles. The van der Waals surface area contributed by atoms with E-state index in [1.165, 1.54) is 13.2 Å². The lowest BCUT2D eigenvalue weighted by Crippen LogP contribution is -2.39. The molecule has 1 atom stereocenters. The van der Waals surface area contributed by atoms with Gasteiger partial charge in [-0.05, 0) is 42.0 Å².